The van der Waals surface area contributed by atoms with E-state index < -0.39 is 0 Å². The number of amides is 1. The molecule has 0 radical (unpaired) electrons. The molecule has 1 aliphatic heterocycles. The standard InChI is InChI=1S/C21H20N4O2S/c22-12-16-13-25(19-6-2-1-5-18(19)21(16)27)15-20(26)24-9-7-23(8-10-24)14-17-4-3-11-28-17/h1-6,11,13H,7-10,14-15H2. The van der Waals surface area contributed by atoms with Crippen molar-refractivity contribution < 1.29 is 4.79 Å². The summed E-state index contributed by atoms with van der Waals surface area (Å²) in [6.45, 7) is 4.12. The van der Waals surface area contributed by atoms with Crippen LogP contribution in [0, 0.1) is 11.3 Å². The van der Waals surface area contributed by atoms with Crippen LogP contribution in [0.4, 0.5) is 0 Å². The fraction of sp³-hybridized carbons (Fsp3) is 0.286. The van der Waals surface area contributed by atoms with Crippen molar-refractivity contribution in [3.63, 3.8) is 0 Å². The first kappa shape index (κ1) is 18.4. The van der Waals surface area contributed by atoms with Gasteiger partial charge in [-0.15, -0.1) is 11.3 Å². The number of fused-ring (bicyclic) bond motifs is 1. The van der Waals surface area contributed by atoms with Gasteiger partial charge in [-0.1, -0.05) is 18.2 Å². The van der Waals surface area contributed by atoms with Gasteiger partial charge in [-0.3, -0.25) is 14.5 Å². The maximum atomic E-state index is 12.8. The average Bonchev–Trinajstić information content (AvgIpc) is 3.23. The molecular formula is C21H20N4O2S. The number of nitrogens with zero attached hydrogens (tertiary/aromatic N) is 4. The Labute approximate surface area is 166 Å². The summed E-state index contributed by atoms with van der Waals surface area (Å²) in [5.74, 6) is 0.00784. The predicted molar refractivity (Wildman–Crippen MR) is 109 cm³/mol. The maximum Gasteiger partial charge on any atom is 0.242 e. The molecule has 3 aromatic rings. The number of thiophene rings is 1. The normalized spacial score (nSPS) is 14.9. The molecule has 0 atom stereocenters. The van der Waals surface area contributed by atoms with Crippen molar-refractivity contribution in [2.75, 3.05) is 26.2 Å². The second-order valence-corrected chi connectivity index (χ2v) is 7.90. The minimum Gasteiger partial charge on any atom is -0.339 e. The highest BCUT2D eigenvalue weighted by Crippen LogP contribution is 2.15. The number of pyridine rings is 1. The molecule has 0 spiro atoms. The Bertz CT molecular complexity index is 1090. The lowest BCUT2D eigenvalue weighted by atomic mass is 10.1. The largest absolute Gasteiger partial charge is 0.339 e. The van der Waals surface area contributed by atoms with Crippen LogP contribution >= 0.6 is 11.3 Å². The third kappa shape index (κ3) is 3.70. The predicted octanol–water partition coefficient (Wildman–Crippen LogP) is 2.28. The van der Waals surface area contributed by atoms with Crippen LogP contribution in [0.1, 0.15) is 10.4 Å². The minimum atomic E-state index is -0.288. The van der Waals surface area contributed by atoms with E-state index in [4.69, 9.17) is 0 Å². The molecule has 7 heteroatoms. The van der Waals surface area contributed by atoms with E-state index in [-0.39, 0.29) is 23.4 Å². The van der Waals surface area contributed by atoms with Gasteiger partial charge < -0.3 is 9.47 Å². The summed E-state index contributed by atoms with van der Waals surface area (Å²) in [5.41, 5.74) is 0.451. The number of aromatic nitrogens is 1. The molecule has 1 aliphatic rings. The molecule has 0 N–H and O–H groups in total. The van der Waals surface area contributed by atoms with Crippen molar-refractivity contribution in [1.29, 1.82) is 5.26 Å². The highest BCUT2D eigenvalue weighted by Gasteiger charge is 2.22. The van der Waals surface area contributed by atoms with Crippen LogP contribution in [0.5, 0.6) is 0 Å². The summed E-state index contributed by atoms with van der Waals surface area (Å²) in [6, 6.07) is 13.2. The number of para-hydroxylation sites is 1. The van der Waals surface area contributed by atoms with Crippen LogP contribution in [-0.2, 0) is 17.9 Å². The van der Waals surface area contributed by atoms with Gasteiger partial charge in [-0.25, -0.2) is 0 Å². The van der Waals surface area contributed by atoms with Gasteiger partial charge in [-0.05, 0) is 23.6 Å². The molecular weight excluding hydrogens is 372 g/mol. The SMILES string of the molecule is N#Cc1cn(CC(=O)N2CCN(Cc3cccs3)CC2)c2ccccc2c1=O. The fourth-order valence-corrected chi connectivity index (χ4v) is 4.33. The van der Waals surface area contributed by atoms with Gasteiger partial charge in [0.1, 0.15) is 18.2 Å². The second kappa shape index (κ2) is 7.97. The lowest BCUT2D eigenvalue weighted by molar-refractivity contribution is -0.133. The molecule has 1 saturated heterocycles. The van der Waals surface area contributed by atoms with Gasteiger partial charge in [-0.2, -0.15) is 5.26 Å². The molecule has 0 aliphatic carbocycles. The molecule has 0 saturated carbocycles. The molecule has 28 heavy (non-hydrogen) atoms. The number of benzene rings is 1. The van der Waals surface area contributed by atoms with Crippen molar-refractivity contribution in [2.45, 2.75) is 13.1 Å². The quantitative estimate of drug-likeness (QED) is 0.683. The number of hydrogen-bond acceptors (Lipinski definition) is 5. The molecule has 6 nitrogen and oxygen atoms in total. The number of carbonyl (C=O) groups is 1. The zero-order chi connectivity index (χ0) is 19.5. The van der Waals surface area contributed by atoms with E-state index in [0.717, 1.165) is 19.6 Å². The Kier molecular flexibility index (Phi) is 5.24. The zero-order valence-electron chi connectivity index (χ0n) is 15.4. The summed E-state index contributed by atoms with van der Waals surface area (Å²) in [7, 11) is 0. The van der Waals surface area contributed by atoms with E-state index >= 15 is 0 Å². The van der Waals surface area contributed by atoms with E-state index in [1.807, 2.05) is 23.1 Å². The molecule has 3 heterocycles. The Hall–Kier alpha value is -2.95. The van der Waals surface area contributed by atoms with Crippen LogP contribution in [0.15, 0.2) is 52.8 Å². The van der Waals surface area contributed by atoms with Gasteiger partial charge in [0.05, 0.1) is 5.52 Å². The lowest BCUT2D eigenvalue weighted by Gasteiger charge is -2.34. The van der Waals surface area contributed by atoms with E-state index in [0.29, 0.717) is 24.0 Å². The summed E-state index contributed by atoms with van der Waals surface area (Å²) in [4.78, 5) is 30.7. The van der Waals surface area contributed by atoms with Crippen molar-refractivity contribution >= 4 is 28.1 Å². The van der Waals surface area contributed by atoms with Crippen LogP contribution in [0.25, 0.3) is 10.9 Å². The number of hydrogen-bond donors (Lipinski definition) is 0. The van der Waals surface area contributed by atoms with E-state index in [1.54, 1.807) is 28.0 Å². The fourth-order valence-electron chi connectivity index (χ4n) is 3.58. The highest BCUT2D eigenvalue weighted by molar-refractivity contribution is 7.09. The van der Waals surface area contributed by atoms with Crippen LogP contribution in [-0.4, -0.2) is 46.5 Å². The van der Waals surface area contributed by atoms with Crippen molar-refractivity contribution in [3.05, 3.63) is 68.6 Å². The number of nitriles is 1. The Morgan fingerprint density at radius 2 is 1.89 bits per heavy atom. The molecule has 1 fully saturated rings. The lowest BCUT2D eigenvalue weighted by Crippen LogP contribution is -2.49. The van der Waals surface area contributed by atoms with E-state index in [9.17, 15) is 14.9 Å². The minimum absolute atomic E-state index is 0.00784. The Morgan fingerprint density at radius 3 is 2.61 bits per heavy atom. The first-order valence-corrected chi connectivity index (χ1v) is 10.1. The van der Waals surface area contributed by atoms with Crippen LogP contribution < -0.4 is 5.43 Å². The first-order valence-electron chi connectivity index (χ1n) is 9.20. The summed E-state index contributed by atoms with van der Waals surface area (Å²) < 4.78 is 1.72. The van der Waals surface area contributed by atoms with E-state index in [1.165, 1.54) is 11.1 Å². The van der Waals surface area contributed by atoms with E-state index in [2.05, 4.69) is 22.4 Å². The number of carbonyl (C=O) groups excluding carboxylic acids is 1. The van der Waals surface area contributed by atoms with Gasteiger partial charge in [0, 0.05) is 49.2 Å². The molecule has 0 unspecified atom stereocenters. The molecule has 2 aromatic heterocycles. The van der Waals surface area contributed by atoms with Gasteiger partial charge in [0.25, 0.3) is 0 Å². The number of rotatable bonds is 4. The maximum absolute atomic E-state index is 12.8. The second-order valence-electron chi connectivity index (χ2n) is 6.87. The van der Waals surface area contributed by atoms with Crippen molar-refractivity contribution in [2.24, 2.45) is 0 Å². The molecule has 1 aromatic carbocycles. The molecule has 4 rings (SSSR count). The van der Waals surface area contributed by atoms with Crippen molar-refractivity contribution in [3.8, 4) is 6.07 Å². The topological polar surface area (TPSA) is 69.3 Å². The van der Waals surface area contributed by atoms with Gasteiger partial charge in [0.15, 0.2) is 0 Å². The van der Waals surface area contributed by atoms with Gasteiger partial charge >= 0.3 is 0 Å². The summed E-state index contributed by atoms with van der Waals surface area (Å²) in [6.07, 6.45) is 1.50. The molecule has 1 amide bonds. The monoisotopic (exact) mass is 392 g/mol. The van der Waals surface area contributed by atoms with Crippen LogP contribution in [0.3, 0.4) is 0 Å². The van der Waals surface area contributed by atoms with Crippen LogP contribution in [0.2, 0.25) is 0 Å². The van der Waals surface area contributed by atoms with Gasteiger partial charge in [0.2, 0.25) is 11.3 Å². The number of piperazine rings is 1. The Morgan fingerprint density at radius 1 is 1.11 bits per heavy atom. The third-order valence-electron chi connectivity index (χ3n) is 5.10. The highest BCUT2D eigenvalue weighted by atomic mass is 32.1. The smallest absolute Gasteiger partial charge is 0.242 e. The summed E-state index contributed by atoms with van der Waals surface area (Å²) >= 11 is 1.75. The average molecular weight is 392 g/mol. The zero-order valence-corrected chi connectivity index (χ0v) is 16.2. The third-order valence-corrected chi connectivity index (χ3v) is 5.96. The molecule has 142 valence electrons. The first-order chi connectivity index (χ1) is 13.7. The Balaban J connectivity index is 1.47. The summed E-state index contributed by atoms with van der Waals surface area (Å²) in [5, 5.41) is 11.8. The molecule has 0 bridgehead atoms. The van der Waals surface area contributed by atoms with Crippen molar-refractivity contribution in [1.82, 2.24) is 14.4 Å².